The first-order valence-electron chi connectivity index (χ1n) is 6.52. The van der Waals surface area contributed by atoms with Crippen LogP contribution in [0.2, 0.25) is 0 Å². The van der Waals surface area contributed by atoms with Gasteiger partial charge in [0, 0.05) is 13.3 Å². The van der Waals surface area contributed by atoms with Crippen molar-refractivity contribution in [3.8, 4) is 5.75 Å². The highest BCUT2D eigenvalue weighted by molar-refractivity contribution is 5.90. The molecule has 5 N–H and O–H groups in total. The number of aliphatic hydroxyl groups is 1. The van der Waals surface area contributed by atoms with Crippen LogP contribution < -0.4 is 10.6 Å². The molecule has 8 heteroatoms. The molecule has 2 atom stereocenters. The number of benzene rings is 1. The van der Waals surface area contributed by atoms with E-state index in [1.54, 1.807) is 12.1 Å². The molecule has 0 aliphatic carbocycles. The summed E-state index contributed by atoms with van der Waals surface area (Å²) in [6.07, 6.45) is 0.115. The van der Waals surface area contributed by atoms with Crippen LogP contribution in [0.4, 0.5) is 0 Å². The molecule has 0 aromatic heterocycles. The van der Waals surface area contributed by atoms with Crippen LogP contribution >= 0.6 is 0 Å². The second kappa shape index (κ2) is 7.99. The third kappa shape index (κ3) is 5.41. The Morgan fingerprint density at radius 1 is 1.09 bits per heavy atom. The van der Waals surface area contributed by atoms with Gasteiger partial charge in [0.05, 0.1) is 6.61 Å². The maximum Gasteiger partial charge on any atom is 0.328 e. The molecule has 0 aliphatic heterocycles. The van der Waals surface area contributed by atoms with Crippen molar-refractivity contribution in [2.24, 2.45) is 0 Å². The quantitative estimate of drug-likeness (QED) is 0.438. The fourth-order valence-electron chi connectivity index (χ4n) is 1.78. The van der Waals surface area contributed by atoms with Gasteiger partial charge in [-0.05, 0) is 17.7 Å². The molecule has 22 heavy (non-hydrogen) atoms. The van der Waals surface area contributed by atoms with Crippen molar-refractivity contribution in [3.63, 3.8) is 0 Å². The van der Waals surface area contributed by atoms with Crippen LogP contribution in [0.3, 0.4) is 0 Å². The smallest absolute Gasteiger partial charge is 0.328 e. The van der Waals surface area contributed by atoms with Crippen molar-refractivity contribution in [3.05, 3.63) is 29.8 Å². The molecular formula is C14H18N2O6. The van der Waals surface area contributed by atoms with E-state index in [4.69, 9.17) is 10.2 Å². The number of hydrogen-bond acceptors (Lipinski definition) is 5. The van der Waals surface area contributed by atoms with Gasteiger partial charge < -0.3 is 26.0 Å². The number of carboxylic acid groups (broad SMARTS) is 1. The number of aromatic hydroxyl groups is 1. The van der Waals surface area contributed by atoms with Crippen LogP contribution in [0.25, 0.3) is 0 Å². The molecule has 8 nitrogen and oxygen atoms in total. The van der Waals surface area contributed by atoms with Gasteiger partial charge in [0.1, 0.15) is 17.8 Å². The van der Waals surface area contributed by atoms with E-state index in [0.29, 0.717) is 5.56 Å². The minimum atomic E-state index is -1.44. The molecule has 0 aliphatic rings. The predicted molar refractivity (Wildman–Crippen MR) is 76.1 cm³/mol. The van der Waals surface area contributed by atoms with Crippen LogP contribution in [0, 0.1) is 0 Å². The fraction of sp³-hybridized carbons (Fsp3) is 0.357. The largest absolute Gasteiger partial charge is 0.508 e. The van der Waals surface area contributed by atoms with Crippen molar-refractivity contribution in [1.29, 1.82) is 0 Å². The van der Waals surface area contributed by atoms with E-state index in [9.17, 15) is 19.5 Å². The summed E-state index contributed by atoms with van der Waals surface area (Å²) in [6, 6.07) is 3.60. The van der Waals surface area contributed by atoms with Crippen LogP contribution in [-0.4, -0.2) is 51.8 Å². The first-order valence-corrected chi connectivity index (χ1v) is 6.52. The van der Waals surface area contributed by atoms with E-state index in [-0.39, 0.29) is 12.2 Å². The topological polar surface area (TPSA) is 136 Å². The van der Waals surface area contributed by atoms with Gasteiger partial charge >= 0.3 is 5.97 Å². The number of aliphatic hydroxyl groups excluding tert-OH is 1. The third-order valence-electron chi connectivity index (χ3n) is 2.87. The summed E-state index contributed by atoms with van der Waals surface area (Å²) in [7, 11) is 0. The van der Waals surface area contributed by atoms with Gasteiger partial charge in [-0.25, -0.2) is 4.79 Å². The maximum absolute atomic E-state index is 12.1. The molecule has 0 fully saturated rings. The zero-order valence-electron chi connectivity index (χ0n) is 11.9. The Labute approximate surface area is 126 Å². The summed E-state index contributed by atoms with van der Waals surface area (Å²) >= 11 is 0. The Hall–Kier alpha value is -2.61. The lowest BCUT2D eigenvalue weighted by Crippen LogP contribution is -2.53. The standard InChI is InChI=1S/C14H18N2O6/c1-8(18)15-11(6-9-2-4-10(19)5-3-9)13(20)16-12(7-17)14(21)22/h2-5,11-12,17,19H,6-7H2,1H3,(H,15,18)(H,16,20)(H,21,22)/t11-,12-/m0/s1. The molecule has 0 bridgehead atoms. The summed E-state index contributed by atoms with van der Waals surface area (Å²) in [5.41, 5.74) is 0.669. The summed E-state index contributed by atoms with van der Waals surface area (Å²) in [4.78, 5) is 34.1. The zero-order valence-corrected chi connectivity index (χ0v) is 11.9. The Bertz CT molecular complexity index is 543. The highest BCUT2D eigenvalue weighted by atomic mass is 16.4. The summed E-state index contributed by atoms with van der Waals surface area (Å²) < 4.78 is 0. The normalized spacial score (nSPS) is 13.0. The van der Waals surface area contributed by atoms with E-state index in [0.717, 1.165) is 0 Å². The zero-order chi connectivity index (χ0) is 16.7. The number of carboxylic acids is 1. The first kappa shape index (κ1) is 17.4. The Balaban J connectivity index is 2.82. The number of carbonyl (C=O) groups is 3. The van der Waals surface area contributed by atoms with E-state index in [1.807, 2.05) is 0 Å². The van der Waals surface area contributed by atoms with Crippen LogP contribution in [0.15, 0.2) is 24.3 Å². The van der Waals surface area contributed by atoms with Crippen molar-refractivity contribution in [2.45, 2.75) is 25.4 Å². The Morgan fingerprint density at radius 3 is 2.14 bits per heavy atom. The van der Waals surface area contributed by atoms with Gasteiger partial charge in [0.2, 0.25) is 11.8 Å². The molecule has 0 saturated carbocycles. The SMILES string of the molecule is CC(=O)N[C@@H](Cc1ccc(O)cc1)C(=O)N[C@@H](CO)C(=O)O. The number of hydrogen-bond donors (Lipinski definition) is 5. The van der Waals surface area contributed by atoms with Gasteiger partial charge in [0.15, 0.2) is 0 Å². The van der Waals surface area contributed by atoms with Gasteiger partial charge in [-0.3, -0.25) is 9.59 Å². The highest BCUT2D eigenvalue weighted by Crippen LogP contribution is 2.11. The second-order valence-corrected chi connectivity index (χ2v) is 4.71. The van der Waals surface area contributed by atoms with Crippen LogP contribution in [0.5, 0.6) is 5.75 Å². The van der Waals surface area contributed by atoms with E-state index < -0.39 is 36.5 Å². The second-order valence-electron chi connectivity index (χ2n) is 4.71. The Morgan fingerprint density at radius 2 is 1.68 bits per heavy atom. The molecule has 1 rings (SSSR count). The third-order valence-corrected chi connectivity index (χ3v) is 2.87. The van der Waals surface area contributed by atoms with Crippen molar-refractivity contribution >= 4 is 17.8 Å². The number of amides is 2. The average molecular weight is 310 g/mol. The van der Waals surface area contributed by atoms with Crippen molar-refractivity contribution < 1.29 is 29.7 Å². The molecular weight excluding hydrogens is 292 g/mol. The van der Waals surface area contributed by atoms with Crippen molar-refractivity contribution in [2.75, 3.05) is 6.61 Å². The molecule has 1 aromatic carbocycles. The minimum absolute atomic E-state index is 0.0653. The molecule has 0 spiro atoms. The molecule has 2 amide bonds. The number of aliphatic carboxylic acids is 1. The lowest BCUT2D eigenvalue weighted by molar-refractivity contribution is -0.143. The molecule has 0 unspecified atom stereocenters. The highest BCUT2D eigenvalue weighted by Gasteiger charge is 2.25. The van der Waals surface area contributed by atoms with Crippen LogP contribution in [0.1, 0.15) is 12.5 Å². The molecule has 0 heterocycles. The lowest BCUT2D eigenvalue weighted by Gasteiger charge is -2.20. The number of phenolic OH excluding ortho intramolecular Hbond substituents is 1. The summed E-state index contributed by atoms with van der Waals surface area (Å²) in [6.45, 7) is 0.477. The minimum Gasteiger partial charge on any atom is -0.508 e. The van der Waals surface area contributed by atoms with Gasteiger partial charge in [-0.15, -0.1) is 0 Å². The Kier molecular flexibility index (Phi) is 6.33. The fourth-order valence-corrected chi connectivity index (χ4v) is 1.78. The molecule has 0 radical (unpaired) electrons. The van der Waals surface area contributed by atoms with E-state index >= 15 is 0 Å². The van der Waals surface area contributed by atoms with E-state index in [2.05, 4.69) is 10.6 Å². The monoisotopic (exact) mass is 310 g/mol. The molecule has 0 saturated heterocycles. The van der Waals surface area contributed by atoms with Gasteiger partial charge in [0.25, 0.3) is 0 Å². The number of nitrogens with one attached hydrogen (secondary N) is 2. The molecule has 1 aromatic rings. The molecule has 120 valence electrons. The van der Waals surface area contributed by atoms with Gasteiger partial charge in [-0.2, -0.15) is 0 Å². The average Bonchev–Trinajstić information content (AvgIpc) is 2.45. The summed E-state index contributed by atoms with van der Waals surface area (Å²) in [5.74, 6) is -2.47. The number of phenols is 1. The number of carbonyl (C=O) groups excluding carboxylic acids is 2. The van der Waals surface area contributed by atoms with Gasteiger partial charge in [-0.1, -0.05) is 12.1 Å². The lowest BCUT2D eigenvalue weighted by atomic mass is 10.0. The first-order chi connectivity index (χ1) is 10.3. The maximum atomic E-state index is 12.1. The predicted octanol–water partition coefficient (Wildman–Crippen LogP) is -0.999. The van der Waals surface area contributed by atoms with Crippen molar-refractivity contribution in [1.82, 2.24) is 10.6 Å². The van der Waals surface area contributed by atoms with Crippen LogP contribution in [-0.2, 0) is 20.8 Å². The summed E-state index contributed by atoms with van der Waals surface area (Å²) in [5, 5.41) is 31.5. The number of rotatable bonds is 7. The van der Waals surface area contributed by atoms with E-state index in [1.165, 1.54) is 19.1 Å².